The van der Waals surface area contributed by atoms with Gasteiger partial charge in [-0.05, 0) is 20.3 Å². The minimum atomic E-state index is -1.27. The maximum absolute atomic E-state index is 9.22. The van der Waals surface area contributed by atoms with E-state index in [-0.39, 0.29) is 6.42 Å². The van der Waals surface area contributed by atoms with Gasteiger partial charge in [0.2, 0.25) is 0 Å². The molecular formula is C8H22N4O2. The molecular weight excluding hydrogens is 184 g/mol. The third kappa shape index (κ3) is 3.87. The van der Waals surface area contributed by atoms with Gasteiger partial charge in [-0.2, -0.15) is 0 Å². The van der Waals surface area contributed by atoms with Crippen LogP contribution in [0.4, 0.5) is 0 Å². The highest BCUT2D eigenvalue weighted by atomic mass is 16.3. The minimum absolute atomic E-state index is 0.150. The number of aliphatic hydroxyl groups is 2. The van der Waals surface area contributed by atoms with E-state index in [0.717, 1.165) is 0 Å². The van der Waals surface area contributed by atoms with Gasteiger partial charge in [-0.15, -0.1) is 0 Å². The van der Waals surface area contributed by atoms with Crippen LogP contribution in [-0.4, -0.2) is 40.2 Å². The summed E-state index contributed by atoms with van der Waals surface area (Å²) in [5, 5.41) is 18.4. The van der Waals surface area contributed by atoms with Crippen LogP contribution in [0.1, 0.15) is 20.3 Å². The lowest BCUT2D eigenvalue weighted by Gasteiger charge is -2.35. The van der Waals surface area contributed by atoms with Crippen LogP contribution >= 0.6 is 0 Å². The van der Waals surface area contributed by atoms with Gasteiger partial charge in [-0.1, -0.05) is 0 Å². The van der Waals surface area contributed by atoms with E-state index in [4.69, 9.17) is 28.0 Å². The lowest BCUT2D eigenvalue weighted by molar-refractivity contribution is 0.0957. The summed E-state index contributed by atoms with van der Waals surface area (Å²) in [6, 6.07) is -1.32. The van der Waals surface area contributed by atoms with Gasteiger partial charge in [0.25, 0.3) is 0 Å². The van der Waals surface area contributed by atoms with Crippen molar-refractivity contribution in [3.8, 4) is 0 Å². The topological polar surface area (TPSA) is 145 Å². The average molecular weight is 206 g/mol. The minimum Gasteiger partial charge on any atom is -0.392 e. The smallest absolute Gasteiger partial charge is 0.0833 e. The predicted molar refractivity (Wildman–Crippen MR) is 55.0 cm³/mol. The maximum Gasteiger partial charge on any atom is 0.0833 e. The Morgan fingerprint density at radius 1 is 1.07 bits per heavy atom. The van der Waals surface area contributed by atoms with Gasteiger partial charge in [-0.3, -0.25) is 0 Å². The summed E-state index contributed by atoms with van der Waals surface area (Å²) in [6.07, 6.45) is -1.37. The second-order valence-corrected chi connectivity index (χ2v) is 3.99. The highest BCUT2D eigenvalue weighted by Crippen LogP contribution is 2.11. The van der Waals surface area contributed by atoms with Crippen LogP contribution in [0, 0.1) is 0 Å². The highest BCUT2D eigenvalue weighted by molar-refractivity contribution is 4.95. The molecule has 0 radical (unpaired) electrons. The van der Waals surface area contributed by atoms with Crippen molar-refractivity contribution in [3.05, 3.63) is 0 Å². The van der Waals surface area contributed by atoms with Crippen LogP contribution in [-0.2, 0) is 0 Å². The molecule has 4 atom stereocenters. The molecule has 86 valence electrons. The lowest BCUT2D eigenvalue weighted by atomic mass is 9.90. The fraction of sp³-hybridized carbons (Fsp3) is 1.00. The second kappa shape index (κ2) is 5.01. The van der Waals surface area contributed by atoms with Crippen LogP contribution in [0.5, 0.6) is 0 Å². The first-order valence-corrected chi connectivity index (χ1v) is 4.63. The van der Waals surface area contributed by atoms with E-state index in [1.165, 1.54) is 6.92 Å². The monoisotopic (exact) mass is 206 g/mol. The van der Waals surface area contributed by atoms with Crippen molar-refractivity contribution in [2.45, 2.75) is 50.2 Å². The summed E-state index contributed by atoms with van der Waals surface area (Å²) in [5.41, 5.74) is 21.3. The van der Waals surface area contributed by atoms with Crippen LogP contribution in [0.25, 0.3) is 0 Å². The molecule has 0 spiro atoms. The Labute approximate surface area is 84.2 Å². The molecule has 0 heterocycles. The summed E-state index contributed by atoms with van der Waals surface area (Å²) in [5.74, 6) is 0. The van der Waals surface area contributed by atoms with Gasteiger partial charge in [0, 0.05) is 6.04 Å². The van der Waals surface area contributed by atoms with E-state index in [1.54, 1.807) is 6.92 Å². The van der Waals surface area contributed by atoms with Gasteiger partial charge in [0.05, 0.1) is 23.9 Å². The van der Waals surface area contributed by atoms with Crippen molar-refractivity contribution in [3.63, 3.8) is 0 Å². The van der Waals surface area contributed by atoms with E-state index in [2.05, 4.69) is 0 Å². The van der Waals surface area contributed by atoms with Crippen molar-refractivity contribution < 1.29 is 10.2 Å². The van der Waals surface area contributed by atoms with Crippen LogP contribution < -0.4 is 22.9 Å². The molecule has 0 amide bonds. The third-order valence-electron chi connectivity index (χ3n) is 2.35. The molecule has 6 nitrogen and oxygen atoms in total. The molecule has 0 fully saturated rings. The molecule has 6 heteroatoms. The fourth-order valence-corrected chi connectivity index (χ4v) is 1.16. The molecule has 0 aliphatic rings. The molecule has 0 bridgehead atoms. The summed E-state index contributed by atoms with van der Waals surface area (Å²) >= 11 is 0. The number of hydrogen-bond donors (Lipinski definition) is 6. The third-order valence-corrected chi connectivity index (χ3v) is 2.35. The SMILES string of the molecule is CC(O)C(N)CC(N)(N)C(N)C(C)O. The predicted octanol–water partition coefficient (Wildman–Crippen LogP) is -2.59. The molecule has 0 aromatic rings. The molecule has 0 aromatic heterocycles. The Bertz CT molecular complexity index is 173. The number of aliphatic hydroxyl groups excluding tert-OH is 2. The molecule has 0 aromatic carbocycles. The van der Waals surface area contributed by atoms with Crippen molar-refractivity contribution in [2.24, 2.45) is 22.9 Å². The number of rotatable bonds is 5. The summed E-state index contributed by atoms with van der Waals surface area (Å²) in [6.45, 7) is 3.06. The Hall–Kier alpha value is -0.240. The Kier molecular flexibility index (Phi) is 4.93. The van der Waals surface area contributed by atoms with Gasteiger partial charge >= 0.3 is 0 Å². The molecule has 0 saturated carbocycles. The average Bonchev–Trinajstić information content (AvgIpc) is 2.01. The van der Waals surface area contributed by atoms with Crippen LogP contribution in [0.3, 0.4) is 0 Å². The Balaban J connectivity index is 4.32. The molecule has 0 aliphatic heterocycles. The van der Waals surface area contributed by atoms with E-state index in [0.29, 0.717) is 0 Å². The first-order chi connectivity index (χ1) is 6.18. The fourth-order valence-electron chi connectivity index (χ4n) is 1.16. The largest absolute Gasteiger partial charge is 0.392 e. The second-order valence-electron chi connectivity index (χ2n) is 3.99. The molecule has 14 heavy (non-hydrogen) atoms. The van der Waals surface area contributed by atoms with Crippen molar-refractivity contribution in [1.82, 2.24) is 0 Å². The van der Waals surface area contributed by atoms with Crippen molar-refractivity contribution in [2.75, 3.05) is 0 Å². The number of nitrogens with two attached hydrogens (primary N) is 4. The first-order valence-electron chi connectivity index (χ1n) is 4.63. The zero-order chi connectivity index (χ0) is 11.5. The molecule has 0 rings (SSSR count). The van der Waals surface area contributed by atoms with Gasteiger partial charge < -0.3 is 33.1 Å². The summed E-state index contributed by atoms with van der Waals surface area (Å²) in [4.78, 5) is 0. The quantitative estimate of drug-likeness (QED) is 0.272. The normalized spacial score (nSPS) is 21.4. The zero-order valence-electron chi connectivity index (χ0n) is 8.72. The maximum atomic E-state index is 9.22. The molecule has 10 N–H and O–H groups in total. The summed E-state index contributed by atoms with van der Waals surface area (Å²) < 4.78 is 0. The zero-order valence-corrected chi connectivity index (χ0v) is 8.72. The Morgan fingerprint density at radius 3 is 1.79 bits per heavy atom. The lowest BCUT2D eigenvalue weighted by Crippen LogP contribution is -2.68. The van der Waals surface area contributed by atoms with Crippen molar-refractivity contribution >= 4 is 0 Å². The summed E-state index contributed by atoms with van der Waals surface area (Å²) in [7, 11) is 0. The van der Waals surface area contributed by atoms with Crippen molar-refractivity contribution in [1.29, 1.82) is 0 Å². The van der Waals surface area contributed by atoms with E-state index >= 15 is 0 Å². The van der Waals surface area contributed by atoms with E-state index in [9.17, 15) is 5.11 Å². The van der Waals surface area contributed by atoms with Crippen LogP contribution in [0.2, 0.25) is 0 Å². The highest BCUT2D eigenvalue weighted by Gasteiger charge is 2.33. The number of hydrogen-bond acceptors (Lipinski definition) is 6. The van der Waals surface area contributed by atoms with Gasteiger partial charge in [0.15, 0.2) is 0 Å². The van der Waals surface area contributed by atoms with Gasteiger partial charge in [-0.25, -0.2) is 0 Å². The van der Waals surface area contributed by atoms with E-state index < -0.39 is 30.0 Å². The molecule has 4 unspecified atom stereocenters. The molecule has 0 aliphatic carbocycles. The van der Waals surface area contributed by atoms with Crippen LogP contribution in [0.15, 0.2) is 0 Å². The Morgan fingerprint density at radius 2 is 1.50 bits per heavy atom. The van der Waals surface area contributed by atoms with Gasteiger partial charge in [0.1, 0.15) is 0 Å². The first kappa shape index (κ1) is 13.8. The molecule has 0 saturated heterocycles. The van der Waals surface area contributed by atoms with E-state index in [1.807, 2.05) is 0 Å². The standard InChI is InChI=1S/C8H22N4O2/c1-4(13)6(9)3-8(11,12)7(10)5(2)14/h4-7,13-14H,3,9-12H2,1-2H3.